The molecule has 1 aliphatic carbocycles. The maximum absolute atomic E-state index is 5.93. The number of piperidine rings is 1. The number of hydrogen-bond acceptors (Lipinski definition) is 3. The van der Waals surface area contributed by atoms with Gasteiger partial charge in [-0.05, 0) is 54.2 Å². The van der Waals surface area contributed by atoms with Gasteiger partial charge in [-0.3, -0.25) is 4.90 Å². The van der Waals surface area contributed by atoms with Gasteiger partial charge in [0.2, 0.25) is 0 Å². The van der Waals surface area contributed by atoms with Crippen molar-refractivity contribution in [2.75, 3.05) is 13.1 Å². The van der Waals surface area contributed by atoms with Gasteiger partial charge in [-0.25, -0.2) is 0 Å². The topological polar surface area (TPSA) is 21.7 Å². The van der Waals surface area contributed by atoms with Crippen LogP contribution in [0.25, 0.3) is 0 Å². The molecule has 0 amide bonds. The van der Waals surface area contributed by atoms with Crippen LogP contribution in [-0.2, 0) is 9.47 Å². The maximum atomic E-state index is 5.93. The summed E-state index contributed by atoms with van der Waals surface area (Å²) >= 11 is 0. The Kier molecular flexibility index (Phi) is 5.15. The predicted octanol–water partition coefficient (Wildman–Crippen LogP) is 5.53. The summed E-state index contributed by atoms with van der Waals surface area (Å²) in [6.07, 6.45) is 14.4. The molecule has 0 aromatic carbocycles. The Morgan fingerprint density at radius 1 is 1.20 bits per heavy atom. The van der Waals surface area contributed by atoms with Gasteiger partial charge >= 0.3 is 0 Å². The smallest absolute Gasteiger partial charge is 0.160 e. The van der Waals surface area contributed by atoms with Gasteiger partial charge in [0.25, 0.3) is 0 Å². The Hall–Kier alpha value is -1.48. The van der Waals surface area contributed by atoms with Crippen molar-refractivity contribution in [1.29, 1.82) is 0 Å². The van der Waals surface area contributed by atoms with Crippen LogP contribution in [0.2, 0.25) is 0 Å². The molecule has 3 aliphatic rings. The zero-order valence-corrected chi connectivity index (χ0v) is 16.5. The minimum absolute atomic E-state index is 0.127. The van der Waals surface area contributed by atoms with E-state index in [4.69, 9.17) is 9.47 Å². The summed E-state index contributed by atoms with van der Waals surface area (Å²) in [5.74, 6) is 0.923. The highest BCUT2D eigenvalue weighted by atomic mass is 16.5. The molecule has 0 saturated carbocycles. The van der Waals surface area contributed by atoms with Crippen LogP contribution >= 0.6 is 0 Å². The van der Waals surface area contributed by atoms with E-state index in [9.17, 15) is 0 Å². The fourth-order valence-electron chi connectivity index (χ4n) is 4.36. The molecule has 1 fully saturated rings. The predicted molar refractivity (Wildman–Crippen MR) is 103 cm³/mol. The first kappa shape index (κ1) is 18.3. The van der Waals surface area contributed by atoms with Crippen molar-refractivity contribution in [2.24, 2.45) is 10.8 Å². The molecule has 25 heavy (non-hydrogen) atoms. The van der Waals surface area contributed by atoms with Crippen LogP contribution < -0.4 is 0 Å². The van der Waals surface area contributed by atoms with Crippen LogP contribution in [0.5, 0.6) is 0 Å². The van der Waals surface area contributed by atoms with E-state index in [1.807, 2.05) is 0 Å². The van der Waals surface area contributed by atoms with Gasteiger partial charge in [-0.15, -0.1) is 0 Å². The third-order valence-corrected chi connectivity index (χ3v) is 5.44. The summed E-state index contributed by atoms with van der Waals surface area (Å²) in [5.41, 5.74) is 3.42. The van der Waals surface area contributed by atoms with Gasteiger partial charge in [-0.1, -0.05) is 46.8 Å². The van der Waals surface area contributed by atoms with E-state index in [1.54, 1.807) is 18.8 Å². The number of allylic oxidation sites excluding steroid dienone is 3. The second kappa shape index (κ2) is 7.03. The van der Waals surface area contributed by atoms with Crippen LogP contribution in [0.1, 0.15) is 60.3 Å². The summed E-state index contributed by atoms with van der Waals surface area (Å²) in [4.78, 5) is 2.61. The summed E-state index contributed by atoms with van der Waals surface area (Å²) in [5, 5.41) is 0. The van der Waals surface area contributed by atoms with Crippen molar-refractivity contribution in [1.82, 2.24) is 4.90 Å². The lowest BCUT2D eigenvalue weighted by atomic mass is 9.76. The molecule has 2 heterocycles. The first-order valence-corrected chi connectivity index (χ1v) is 9.59. The molecule has 0 aromatic heterocycles. The van der Waals surface area contributed by atoms with Crippen molar-refractivity contribution >= 4 is 0 Å². The van der Waals surface area contributed by atoms with E-state index >= 15 is 0 Å². The third-order valence-electron chi connectivity index (χ3n) is 5.44. The molecule has 1 unspecified atom stereocenters. The highest BCUT2D eigenvalue weighted by Gasteiger charge is 2.37. The lowest BCUT2D eigenvalue weighted by Gasteiger charge is -2.44. The number of hydrogen-bond donors (Lipinski definition) is 0. The average molecular weight is 344 g/mol. The van der Waals surface area contributed by atoms with Crippen molar-refractivity contribution in [3.05, 3.63) is 47.8 Å². The molecule has 3 nitrogen and oxygen atoms in total. The van der Waals surface area contributed by atoms with Gasteiger partial charge in [0.05, 0.1) is 6.04 Å². The fraction of sp³-hybridized carbons (Fsp3) is 0.636. The molecule has 1 atom stereocenters. The lowest BCUT2D eigenvalue weighted by molar-refractivity contribution is 0.0766. The molecule has 1 saturated heterocycles. The second-order valence-electron chi connectivity index (χ2n) is 9.32. The van der Waals surface area contributed by atoms with E-state index < -0.39 is 0 Å². The number of nitrogens with zero attached hydrogens (tertiary/aromatic N) is 1. The van der Waals surface area contributed by atoms with E-state index in [0.29, 0.717) is 5.41 Å². The van der Waals surface area contributed by atoms with Crippen LogP contribution in [0, 0.1) is 10.8 Å². The summed E-state index contributed by atoms with van der Waals surface area (Å²) in [7, 11) is 0. The molecule has 0 aromatic rings. The quantitative estimate of drug-likeness (QED) is 0.672. The molecule has 0 bridgehead atoms. The van der Waals surface area contributed by atoms with Gasteiger partial charge in [0, 0.05) is 6.54 Å². The summed E-state index contributed by atoms with van der Waals surface area (Å²) < 4.78 is 11.4. The van der Waals surface area contributed by atoms with Crippen molar-refractivity contribution in [3.8, 4) is 0 Å². The Balaban J connectivity index is 2.03. The largest absolute Gasteiger partial charge is 0.466 e. The van der Waals surface area contributed by atoms with Crippen LogP contribution in [-0.4, -0.2) is 24.0 Å². The number of rotatable bonds is 3. The molecule has 3 heteroatoms. The van der Waals surface area contributed by atoms with Gasteiger partial charge in [0.1, 0.15) is 18.8 Å². The Morgan fingerprint density at radius 3 is 2.64 bits per heavy atom. The van der Waals surface area contributed by atoms with Crippen LogP contribution in [0.15, 0.2) is 47.8 Å². The minimum atomic E-state index is 0.127. The standard InChI is InChI=1S/C22H33NO2/c1-21(2,3)18-10-7-6-9-17(18)20(19-15-24-13-14-25-19)23-12-8-11-22(4,5)16-23/h7,10,13-15,20H,6,8-9,11-12,16H2,1-5H3. The molecule has 3 rings (SSSR count). The fourth-order valence-corrected chi connectivity index (χ4v) is 4.36. The van der Waals surface area contributed by atoms with E-state index in [1.165, 1.54) is 24.0 Å². The molecule has 0 spiro atoms. The van der Waals surface area contributed by atoms with Crippen molar-refractivity contribution < 1.29 is 9.47 Å². The first-order chi connectivity index (χ1) is 11.8. The highest BCUT2D eigenvalue weighted by molar-refractivity contribution is 5.40. The SMILES string of the molecule is CC1(C)CCCN(C(C2=COC=CO2)C2=C(C(C)(C)C)C=CCC2)C1. The van der Waals surface area contributed by atoms with Gasteiger partial charge in [-0.2, -0.15) is 0 Å². The lowest BCUT2D eigenvalue weighted by Crippen LogP contribution is -2.48. The Bertz CT molecular complexity index is 616. The third kappa shape index (κ3) is 4.20. The van der Waals surface area contributed by atoms with Gasteiger partial charge in [0.15, 0.2) is 5.76 Å². The molecule has 2 aliphatic heterocycles. The molecule has 0 radical (unpaired) electrons. The minimum Gasteiger partial charge on any atom is -0.466 e. The first-order valence-electron chi connectivity index (χ1n) is 9.59. The van der Waals surface area contributed by atoms with Gasteiger partial charge < -0.3 is 9.47 Å². The molecule has 0 N–H and O–H groups in total. The van der Waals surface area contributed by atoms with Crippen LogP contribution in [0.3, 0.4) is 0 Å². The number of likely N-dealkylation sites (tertiary alicyclic amines) is 1. The van der Waals surface area contributed by atoms with Crippen LogP contribution in [0.4, 0.5) is 0 Å². The monoisotopic (exact) mass is 343 g/mol. The molecular weight excluding hydrogens is 310 g/mol. The van der Waals surface area contributed by atoms with E-state index in [2.05, 4.69) is 51.7 Å². The Morgan fingerprint density at radius 2 is 2.00 bits per heavy atom. The second-order valence-corrected chi connectivity index (χ2v) is 9.32. The summed E-state index contributed by atoms with van der Waals surface area (Å²) in [6, 6.07) is 0.170. The normalized spacial score (nSPS) is 25.2. The van der Waals surface area contributed by atoms with E-state index in [-0.39, 0.29) is 11.5 Å². The number of ether oxygens (including phenoxy) is 2. The average Bonchev–Trinajstić information content (AvgIpc) is 2.55. The summed E-state index contributed by atoms with van der Waals surface area (Å²) in [6.45, 7) is 13.9. The zero-order valence-electron chi connectivity index (χ0n) is 16.5. The highest BCUT2D eigenvalue weighted by Crippen LogP contribution is 2.41. The Labute approximate surface area is 153 Å². The maximum Gasteiger partial charge on any atom is 0.160 e. The van der Waals surface area contributed by atoms with Crippen molar-refractivity contribution in [3.63, 3.8) is 0 Å². The van der Waals surface area contributed by atoms with E-state index in [0.717, 1.165) is 31.7 Å². The van der Waals surface area contributed by atoms with Crippen molar-refractivity contribution in [2.45, 2.75) is 66.3 Å². The molecule has 138 valence electrons. The molecular formula is C22H33NO2. The zero-order chi connectivity index (χ0) is 18.1.